The van der Waals surface area contributed by atoms with Gasteiger partial charge in [-0.25, -0.2) is 14.4 Å². The van der Waals surface area contributed by atoms with E-state index in [0.717, 1.165) is 25.8 Å². The molecule has 9 heteroatoms. The molecule has 0 aliphatic carbocycles. The molecule has 1 aromatic carbocycles. The van der Waals surface area contributed by atoms with Crippen LogP contribution in [0.1, 0.15) is 17.7 Å². The number of nitrogens with zero attached hydrogens (tertiary/aromatic N) is 3. The monoisotopic (exact) mass is 403 g/mol. The van der Waals surface area contributed by atoms with Crippen LogP contribution in [-0.4, -0.2) is 56.7 Å². The van der Waals surface area contributed by atoms with E-state index in [1.54, 1.807) is 24.5 Å². The number of aromatic nitrogens is 2. The van der Waals surface area contributed by atoms with Crippen molar-refractivity contribution in [3.8, 4) is 11.8 Å². The van der Waals surface area contributed by atoms with Gasteiger partial charge in [0.25, 0.3) is 0 Å². The molecule has 1 aliphatic rings. The summed E-state index contributed by atoms with van der Waals surface area (Å²) < 4.78 is 13.1. The van der Waals surface area contributed by atoms with Crippen LogP contribution < -0.4 is 27.4 Å². The van der Waals surface area contributed by atoms with Crippen LogP contribution in [0.25, 0.3) is 0 Å². The summed E-state index contributed by atoms with van der Waals surface area (Å²) in [6.45, 7) is 1.56. The number of aldehydes is 1. The van der Waals surface area contributed by atoms with E-state index >= 15 is 0 Å². The lowest BCUT2D eigenvalue weighted by molar-refractivity contribution is -0.109. The number of nitrogens with two attached hydrogens (primary N) is 3. The Balaban J connectivity index is 0.00000120. The number of hydrogen-bond acceptors (Lipinski definition) is 8. The second-order valence-electron chi connectivity index (χ2n) is 5.10. The van der Waals surface area contributed by atoms with Gasteiger partial charge < -0.3 is 22.1 Å². The SMILES string of the molecule is CN.CN.CN.O=CC1NCCCN1c1cnc(C#Cc2cccc(F)c2)cn1. The Labute approximate surface area is 171 Å². The zero-order valence-corrected chi connectivity index (χ0v) is 17.1. The number of benzene rings is 1. The molecule has 1 aromatic heterocycles. The van der Waals surface area contributed by atoms with E-state index in [4.69, 9.17) is 0 Å². The number of carbonyl (C=O) groups is 1. The topological polar surface area (TPSA) is 136 Å². The number of rotatable bonds is 2. The third-order valence-corrected chi connectivity index (χ3v) is 3.49. The fraction of sp³-hybridized carbons (Fsp3) is 0.350. The highest BCUT2D eigenvalue weighted by Gasteiger charge is 2.22. The normalized spacial score (nSPS) is 14.3. The van der Waals surface area contributed by atoms with E-state index in [1.165, 1.54) is 33.3 Å². The van der Waals surface area contributed by atoms with Gasteiger partial charge in [0, 0.05) is 12.1 Å². The molecule has 0 bridgehead atoms. The number of hydrogen-bond donors (Lipinski definition) is 4. The highest BCUT2D eigenvalue weighted by Crippen LogP contribution is 2.14. The first-order valence-electron chi connectivity index (χ1n) is 9.04. The molecule has 1 aliphatic heterocycles. The van der Waals surface area contributed by atoms with Crippen molar-refractivity contribution in [2.24, 2.45) is 17.2 Å². The van der Waals surface area contributed by atoms with E-state index in [0.29, 0.717) is 17.1 Å². The van der Waals surface area contributed by atoms with Crippen LogP contribution in [0.5, 0.6) is 0 Å². The smallest absolute Gasteiger partial charge is 0.157 e. The van der Waals surface area contributed by atoms with Crippen molar-refractivity contribution < 1.29 is 9.18 Å². The summed E-state index contributed by atoms with van der Waals surface area (Å²) in [5.74, 6) is 6.00. The average molecular weight is 404 g/mol. The van der Waals surface area contributed by atoms with E-state index in [9.17, 15) is 9.18 Å². The van der Waals surface area contributed by atoms with Crippen LogP contribution in [0.15, 0.2) is 36.7 Å². The zero-order chi connectivity index (χ0) is 22.1. The van der Waals surface area contributed by atoms with Crippen molar-refractivity contribution in [3.05, 3.63) is 53.7 Å². The molecule has 0 saturated carbocycles. The Kier molecular flexibility index (Phi) is 14.5. The minimum atomic E-state index is -0.373. The van der Waals surface area contributed by atoms with Gasteiger partial charge >= 0.3 is 0 Å². The molecular formula is C20H30FN7O. The summed E-state index contributed by atoms with van der Waals surface area (Å²) >= 11 is 0. The Morgan fingerprint density at radius 3 is 2.45 bits per heavy atom. The minimum Gasteiger partial charge on any atom is -0.333 e. The number of halogens is 1. The summed E-state index contributed by atoms with van der Waals surface area (Å²) in [6.07, 6.45) is 4.57. The maximum Gasteiger partial charge on any atom is 0.157 e. The van der Waals surface area contributed by atoms with Gasteiger partial charge in [-0.05, 0) is 58.2 Å². The molecule has 0 amide bonds. The van der Waals surface area contributed by atoms with Crippen LogP contribution in [0.3, 0.4) is 0 Å². The lowest BCUT2D eigenvalue weighted by Gasteiger charge is -2.33. The van der Waals surface area contributed by atoms with Crippen molar-refractivity contribution in [1.29, 1.82) is 0 Å². The predicted molar refractivity (Wildman–Crippen MR) is 115 cm³/mol. The van der Waals surface area contributed by atoms with Gasteiger partial charge in [0.05, 0.1) is 12.4 Å². The summed E-state index contributed by atoms with van der Waals surface area (Å²) in [5, 5.41) is 3.11. The first kappa shape index (κ1) is 26.1. The molecule has 1 fully saturated rings. The summed E-state index contributed by atoms with van der Waals surface area (Å²) in [6, 6.07) is 6.07. The van der Waals surface area contributed by atoms with Gasteiger partial charge in [-0.3, -0.25) is 10.1 Å². The Hall–Kier alpha value is -2.90. The van der Waals surface area contributed by atoms with E-state index in [-0.39, 0.29) is 12.0 Å². The first-order chi connectivity index (χ1) is 14.3. The van der Waals surface area contributed by atoms with Crippen LogP contribution >= 0.6 is 0 Å². The largest absolute Gasteiger partial charge is 0.333 e. The summed E-state index contributed by atoms with van der Waals surface area (Å²) in [7, 11) is 4.50. The molecule has 2 aromatic rings. The average Bonchev–Trinajstić information content (AvgIpc) is 2.82. The fourth-order valence-electron chi connectivity index (χ4n) is 2.36. The third-order valence-electron chi connectivity index (χ3n) is 3.49. The molecule has 1 atom stereocenters. The maximum atomic E-state index is 13.1. The van der Waals surface area contributed by atoms with Gasteiger partial charge in [-0.2, -0.15) is 0 Å². The number of anilines is 1. The van der Waals surface area contributed by atoms with Crippen LogP contribution in [0, 0.1) is 17.7 Å². The van der Waals surface area contributed by atoms with Crippen LogP contribution in [0.4, 0.5) is 10.2 Å². The van der Waals surface area contributed by atoms with E-state index < -0.39 is 0 Å². The van der Waals surface area contributed by atoms with Gasteiger partial charge in [-0.15, -0.1) is 0 Å². The van der Waals surface area contributed by atoms with Crippen LogP contribution in [0.2, 0.25) is 0 Å². The molecule has 2 heterocycles. The zero-order valence-electron chi connectivity index (χ0n) is 17.1. The second-order valence-corrected chi connectivity index (χ2v) is 5.10. The number of carbonyl (C=O) groups excluding carboxylic acids is 1. The van der Waals surface area contributed by atoms with Gasteiger partial charge in [0.2, 0.25) is 0 Å². The lowest BCUT2D eigenvalue weighted by Crippen LogP contribution is -2.52. The molecule has 3 rings (SSSR count). The Morgan fingerprint density at radius 1 is 1.14 bits per heavy atom. The standard InChI is InChI=1S/C17H15FN4O.3CH5N/c18-14-4-1-3-13(9-14)5-6-15-10-21-16(11-20-15)22-8-2-7-19-17(22)12-23;3*1-2/h1,3-4,9-12,17,19H,2,7-8H2;3*2H2,1H3. The van der Waals surface area contributed by atoms with Gasteiger partial charge in [0.15, 0.2) is 6.29 Å². The molecular weight excluding hydrogens is 373 g/mol. The van der Waals surface area contributed by atoms with E-state index in [1.807, 2.05) is 4.90 Å². The second kappa shape index (κ2) is 16.1. The molecule has 0 spiro atoms. The first-order valence-corrected chi connectivity index (χ1v) is 9.04. The molecule has 0 radical (unpaired) electrons. The summed E-state index contributed by atoms with van der Waals surface area (Å²) in [4.78, 5) is 21.5. The molecule has 7 N–H and O–H groups in total. The van der Waals surface area contributed by atoms with Gasteiger partial charge in [-0.1, -0.05) is 12.0 Å². The Morgan fingerprint density at radius 2 is 1.86 bits per heavy atom. The van der Waals surface area contributed by atoms with Gasteiger partial charge in [0.1, 0.15) is 23.5 Å². The minimum absolute atomic E-state index is 0.323. The fourth-order valence-corrected chi connectivity index (χ4v) is 2.36. The highest BCUT2D eigenvalue weighted by molar-refractivity contribution is 5.64. The van der Waals surface area contributed by atoms with Crippen LogP contribution in [-0.2, 0) is 4.79 Å². The lowest BCUT2D eigenvalue weighted by atomic mass is 10.2. The molecule has 8 nitrogen and oxygen atoms in total. The third kappa shape index (κ3) is 8.76. The molecule has 1 unspecified atom stereocenters. The highest BCUT2D eigenvalue weighted by atomic mass is 19.1. The maximum absolute atomic E-state index is 13.1. The predicted octanol–water partition coefficient (Wildman–Crippen LogP) is 0.0649. The quantitative estimate of drug-likeness (QED) is 0.408. The van der Waals surface area contributed by atoms with Crippen molar-refractivity contribution >= 4 is 12.1 Å². The van der Waals surface area contributed by atoms with Crippen molar-refractivity contribution in [1.82, 2.24) is 15.3 Å². The molecule has 1 saturated heterocycles. The van der Waals surface area contributed by atoms with Crippen molar-refractivity contribution in [3.63, 3.8) is 0 Å². The molecule has 158 valence electrons. The summed E-state index contributed by atoms with van der Waals surface area (Å²) in [5.41, 5.74) is 14.6. The molecule has 29 heavy (non-hydrogen) atoms. The van der Waals surface area contributed by atoms with Crippen molar-refractivity contribution in [2.75, 3.05) is 39.1 Å². The number of nitrogens with one attached hydrogen (secondary N) is 1. The van der Waals surface area contributed by atoms with E-state index in [2.05, 4.69) is 44.3 Å². The Bertz CT molecular complexity index is 759. The van der Waals surface area contributed by atoms with Crippen molar-refractivity contribution in [2.45, 2.75) is 12.6 Å².